The van der Waals surface area contributed by atoms with Gasteiger partial charge >= 0.3 is 18.0 Å². The molecule has 1 aromatic rings. The van der Waals surface area contributed by atoms with Crippen LogP contribution < -0.4 is 10.6 Å². The van der Waals surface area contributed by atoms with Crippen LogP contribution in [0.15, 0.2) is 29.4 Å². The van der Waals surface area contributed by atoms with Gasteiger partial charge in [0.1, 0.15) is 6.10 Å². The number of amides is 2. The molecule has 0 spiro atoms. The number of carbonyl (C=O) groups excluding carboxylic acids is 3. The molecular formula is C16H21N3O6. The van der Waals surface area contributed by atoms with Crippen molar-refractivity contribution in [3.05, 3.63) is 29.8 Å². The Kier molecular flexibility index (Phi) is 7.39. The number of rotatable bonds is 6. The lowest BCUT2D eigenvalue weighted by atomic mass is 10.1. The Labute approximate surface area is 145 Å². The molecule has 1 aromatic carbocycles. The van der Waals surface area contributed by atoms with Crippen molar-refractivity contribution in [1.82, 2.24) is 5.32 Å². The van der Waals surface area contributed by atoms with Crippen molar-refractivity contribution in [1.29, 1.82) is 0 Å². The third kappa shape index (κ3) is 6.13. The van der Waals surface area contributed by atoms with Gasteiger partial charge < -0.3 is 25.3 Å². The molecule has 2 atom stereocenters. The Bertz CT molecular complexity index is 656. The normalized spacial score (nSPS) is 13.4. The zero-order valence-electron chi connectivity index (χ0n) is 14.4. The highest BCUT2D eigenvalue weighted by atomic mass is 16.6. The molecular weight excluding hydrogens is 330 g/mol. The fourth-order valence-corrected chi connectivity index (χ4v) is 1.99. The predicted octanol–water partition coefficient (Wildman–Crippen LogP) is 1.50. The number of ether oxygens (including phenoxy) is 2. The SMILES string of the molecule is COC(=O)C(NC(=O)Nc1ccc(C(C)=NO)cc1)C(C)OC(C)=O. The summed E-state index contributed by atoms with van der Waals surface area (Å²) >= 11 is 0. The molecule has 136 valence electrons. The number of hydrogen-bond donors (Lipinski definition) is 3. The molecule has 0 fully saturated rings. The summed E-state index contributed by atoms with van der Waals surface area (Å²) in [5.41, 5.74) is 1.57. The molecule has 0 radical (unpaired) electrons. The molecule has 9 nitrogen and oxygen atoms in total. The van der Waals surface area contributed by atoms with Gasteiger partial charge in [-0.2, -0.15) is 0 Å². The predicted molar refractivity (Wildman–Crippen MR) is 89.6 cm³/mol. The molecule has 2 amide bonds. The summed E-state index contributed by atoms with van der Waals surface area (Å²) in [6.07, 6.45) is -0.901. The number of oxime groups is 1. The molecule has 2 unspecified atom stereocenters. The molecule has 0 saturated carbocycles. The van der Waals surface area contributed by atoms with Gasteiger partial charge in [0.15, 0.2) is 6.04 Å². The molecule has 25 heavy (non-hydrogen) atoms. The number of esters is 2. The van der Waals surface area contributed by atoms with Crippen LogP contribution >= 0.6 is 0 Å². The monoisotopic (exact) mass is 351 g/mol. The lowest BCUT2D eigenvalue weighted by molar-refractivity contribution is -0.154. The minimum absolute atomic E-state index is 0.428. The summed E-state index contributed by atoms with van der Waals surface area (Å²) in [5, 5.41) is 16.8. The summed E-state index contributed by atoms with van der Waals surface area (Å²) in [5.74, 6) is -1.32. The molecule has 9 heteroatoms. The third-order valence-corrected chi connectivity index (χ3v) is 3.27. The maximum Gasteiger partial charge on any atom is 0.332 e. The van der Waals surface area contributed by atoms with E-state index in [1.807, 2.05) is 0 Å². The first-order chi connectivity index (χ1) is 11.8. The molecule has 1 rings (SSSR count). The third-order valence-electron chi connectivity index (χ3n) is 3.27. The lowest BCUT2D eigenvalue weighted by Crippen LogP contribution is -2.50. The number of carbonyl (C=O) groups is 3. The number of nitrogens with zero attached hydrogens (tertiary/aromatic N) is 1. The van der Waals surface area contributed by atoms with E-state index in [4.69, 9.17) is 9.94 Å². The van der Waals surface area contributed by atoms with Gasteiger partial charge in [-0.05, 0) is 31.5 Å². The van der Waals surface area contributed by atoms with Gasteiger partial charge in [0.25, 0.3) is 0 Å². The van der Waals surface area contributed by atoms with Crippen molar-refractivity contribution in [2.24, 2.45) is 5.16 Å². The van der Waals surface area contributed by atoms with Gasteiger partial charge in [0.2, 0.25) is 0 Å². The van der Waals surface area contributed by atoms with E-state index in [2.05, 4.69) is 20.5 Å². The van der Waals surface area contributed by atoms with Crippen molar-refractivity contribution in [3.8, 4) is 0 Å². The highest BCUT2D eigenvalue weighted by Gasteiger charge is 2.30. The summed E-state index contributed by atoms with van der Waals surface area (Å²) in [6, 6.07) is 4.69. The van der Waals surface area contributed by atoms with Crippen LogP contribution in [0.3, 0.4) is 0 Å². The average molecular weight is 351 g/mol. The number of urea groups is 1. The zero-order chi connectivity index (χ0) is 19.0. The molecule has 0 saturated heterocycles. The van der Waals surface area contributed by atoms with Crippen LogP contribution in [0.4, 0.5) is 10.5 Å². The van der Waals surface area contributed by atoms with E-state index >= 15 is 0 Å². The number of anilines is 1. The molecule has 0 aliphatic heterocycles. The van der Waals surface area contributed by atoms with E-state index < -0.39 is 30.1 Å². The van der Waals surface area contributed by atoms with Gasteiger partial charge in [0, 0.05) is 12.6 Å². The molecule has 0 aliphatic carbocycles. The number of hydrogen-bond acceptors (Lipinski definition) is 7. The quantitative estimate of drug-likeness (QED) is 0.308. The molecule has 0 aliphatic rings. The van der Waals surface area contributed by atoms with Crippen molar-refractivity contribution >= 4 is 29.4 Å². The lowest BCUT2D eigenvalue weighted by Gasteiger charge is -2.22. The van der Waals surface area contributed by atoms with Crippen LogP contribution in [0.2, 0.25) is 0 Å². The first kappa shape index (κ1) is 19.9. The molecule has 0 heterocycles. The van der Waals surface area contributed by atoms with E-state index in [0.717, 1.165) is 0 Å². The first-order valence-corrected chi connectivity index (χ1v) is 7.40. The van der Waals surface area contributed by atoms with Crippen molar-refractivity contribution in [2.75, 3.05) is 12.4 Å². The average Bonchev–Trinajstić information content (AvgIpc) is 2.58. The van der Waals surface area contributed by atoms with Gasteiger partial charge in [-0.25, -0.2) is 9.59 Å². The zero-order valence-corrected chi connectivity index (χ0v) is 14.4. The summed E-state index contributed by atoms with van der Waals surface area (Å²) < 4.78 is 9.53. The Hall–Kier alpha value is -3.10. The standard InChI is InChI=1S/C16H21N3O6/c1-9(19-23)12-5-7-13(8-6-12)17-16(22)18-14(15(21)24-4)10(2)25-11(3)20/h5-8,10,14,23H,1-4H3,(H2,17,18,22). The van der Waals surface area contributed by atoms with E-state index in [0.29, 0.717) is 17.0 Å². The van der Waals surface area contributed by atoms with Gasteiger partial charge in [-0.1, -0.05) is 17.3 Å². The van der Waals surface area contributed by atoms with E-state index in [1.54, 1.807) is 31.2 Å². The molecule has 0 aromatic heterocycles. The second-order valence-electron chi connectivity index (χ2n) is 5.18. The van der Waals surface area contributed by atoms with Gasteiger partial charge in [-0.3, -0.25) is 4.79 Å². The van der Waals surface area contributed by atoms with E-state index in [9.17, 15) is 14.4 Å². The minimum Gasteiger partial charge on any atom is -0.467 e. The molecule has 3 N–H and O–H groups in total. The van der Waals surface area contributed by atoms with Crippen LogP contribution in [0, 0.1) is 0 Å². The van der Waals surface area contributed by atoms with Crippen LogP contribution in [0.25, 0.3) is 0 Å². The largest absolute Gasteiger partial charge is 0.467 e. The Balaban J connectivity index is 2.77. The number of nitrogens with one attached hydrogen (secondary N) is 2. The Morgan fingerprint density at radius 3 is 2.24 bits per heavy atom. The fraction of sp³-hybridized carbons (Fsp3) is 0.375. The summed E-state index contributed by atoms with van der Waals surface area (Å²) in [6.45, 7) is 4.30. The molecule has 0 bridgehead atoms. The highest BCUT2D eigenvalue weighted by Crippen LogP contribution is 2.11. The maximum absolute atomic E-state index is 12.1. The topological polar surface area (TPSA) is 126 Å². The maximum atomic E-state index is 12.1. The number of methoxy groups -OCH3 is 1. The smallest absolute Gasteiger partial charge is 0.332 e. The summed E-state index contributed by atoms with van der Waals surface area (Å²) in [4.78, 5) is 34.9. The van der Waals surface area contributed by atoms with Crippen LogP contribution in [-0.2, 0) is 19.1 Å². The highest BCUT2D eigenvalue weighted by molar-refractivity contribution is 5.99. The Morgan fingerprint density at radius 1 is 1.16 bits per heavy atom. The number of benzene rings is 1. The minimum atomic E-state index is -1.16. The fourth-order valence-electron chi connectivity index (χ4n) is 1.99. The van der Waals surface area contributed by atoms with Crippen LogP contribution in [0.5, 0.6) is 0 Å². The summed E-state index contributed by atoms with van der Waals surface area (Å²) in [7, 11) is 1.17. The van der Waals surface area contributed by atoms with Crippen molar-refractivity contribution in [3.63, 3.8) is 0 Å². The van der Waals surface area contributed by atoms with Gasteiger partial charge in [0.05, 0.1) is 12.8 Å². The second kappa shape index (κ2) is 9.26. The van der Waals surface area contributed by atoms with Gasteiger partial charge in [-0.15, -0.1) is 0 Å². The van der Waals surface area contributed by atoms with E-state index in [-0.39, 0.29) is 0 Å². The Morgan fingerprint density at radius 2 is 1.76 bits per heavy atom. The second-order valence-corrected chi connectivity index (χ2v) is 5.18. The first-order valence-electron chi connectivity index (χ1n) is 7.40. The van der Waals surface area contributed by atoms with E-state index in [1.165, 1.54) is 21.0 Å². The van der Waals surface area contributed by atoms with Crippen LogP contribution in [0.1, 0.15) is 26.3 Å². The van der Waals surface area contributed by atoms with Crippen molar-refractivity contribution in [2.45, 2.75) is 32.9 Å². The van der Waals surface area contributed by atoms with Crippen LogP contribution in [-0.4, -0.2) is 48.1 Å². The van der Waals surface area contributed by atoms with Crippen molar-refractivity contribution < 1.29 is 29.1 Å².